The summed E-state index contributed by atoms with van der Waals surface area (Å²) in [6, 6.07) is 4.19. The van der Waals surface area contributed by atoms with Crippen molar-refractivity contribution in [2.24, 2.45) is 11.7 Å². The van der Waals surface area contributed by atoms with Crippen molar-refractivity contribution in [2.45, 2.75) is 38.1 Å². The molecule has 1 saturated heterocycles. The summed E-state index contributed by atoms with van der Waals surface area (Å²) in [5.41, 5.74) is 6.39. The van der Waals surface area contributed by atoms with Crippen LogP contribution in [0.2, 0.25) is 0 Å². The largest absolute Gasteiger partial charge is 0.339 e. The van der Waals surface area contributed by atoms with Crippen molar-refractivity contribution in [2.75, 3.05) is 32.7 Å². The normalized spacial score (nSPS) is 24.3. The zero-order valence-corrected chi connectivity index (χ0v) is 14.8. The molecule has 0 bridgehead atoms. The van der Waals surface area contributed by atoms with Gasteiger partial charge in [-0.3, -0.25) is 4.79 Å². The lowest BCUT2D eigenvalue weighted by Gasteiger charge is -2.34. The fourth-order valence-corrected chi connectivity index (χ4v) is 3.98. The molecule has 1 aromatic carbocycles. The standard InChI is InChI=1S/C19H27F2N3O/c1-13(25)24(12-14-4-7-23(8-5-14)9-6-22)19-11-16(19)15-2-3-17(20)18(21)10-15/h2-3,10,14,16,19H,4-9,11-12,22H2,1H3. The van der Waals surface area contributed by atoms with Crippen molar-refractivity contribution in [3.8, 4) is 0 Å². The third-order valence-electron chi connectivity index (χ3n) is 5.54. The molecule has 6 heteroatoms. The van der Waals surface area contributed by atoms with Crippen molar-refractivity contribution in [3.63, 3.8) is 0 Å². The van der Waals surface area contributed by atoms with Crippen LogP contribution < -0.4 is 5.73 Å². The number of rotatable bonds is 6. The number of carbonyl (C=O) groups excluding carboxylic acids is 1. The van der Waals surface area contributed by atoms with Gasteiger partial charge in [-0.25, -0.2) is 8.78 Å². The number of carbonyl (C=O) groups is 1. The molecule has 1 amide bonds. The van der Waals surface area contributed by atoms with Gasteiger partial charge in [-0.15, -0.1) is 0 Å². The van der Waals surface area contributed by atoms with Crippen LogP contribution in [0.25, 0.3) is 0 Å². The van der Waals surface area contributed by atoms with E-state index in [1.165, 1.54) is 12.1 Å². The molecule has 2 N–H and O–H groups in total. The van der Waals surface area contributed by atoms with Crippen LogP contribution in [0.5, 0.6) is 0 Å². The van der Waals surface area contributed by atoms with Crippen LogP contribution in [-0.4, -0.2) is 54.5 Å². The highest BCUT2D eigenvalue weighted by atomic mass is 19.2. The van der Waals surface area contributed by atoms with Crippen molar-refractivity contribution in [3.05, 3.63) is 35.4 Å². The van der Waals surface area contributed by atoms with Crippen molar-refractivity contribution in [1.29, 1.82) is 0 Å². The van der Waals surface area contributed by atoms with Gasteiger partial charge in [0.1, 0.15) is 0 Å². The quantitative estimate of drug-likeness (QED) is 0.856. The Labute approximate surface area is 148 Å². The number of benzene rings is 1. The third-order valence-corrected chi connectivity index (χ3v) is 5.54. The van der Waals surface area contributed by atoms with E-state index in [0.717, 1.165) is 51.0 Å². The molecule has 2 fully saturated rings. The lowest BCUT2D eigenvalue weighted by molar-refractivity contribution is -0.130. The summed E-state index contributed by atoms with van der Waals surface area (Å²) in [5.74, 6) is -0.946. The van der Waals surface area contributed by atoms with Crippen LogP contribution in [0.4, 0.5) is 8.78 Å². The summed E-state index contributed by atoms with van der Waals surface area (Å²) in [6.45, 7) is 6.04. The number of halogens is 2. The summed E-state index contributed by atoms with van der Waals surface area (Å²) in [5, 5.41) is 0. The molecule has 1 aliphatic heterocycles. The molecule has 3 rings (SSSR count). The molecule has 1 aromatic rings. The maximum atomic E-state index is 13.5. The van der Waals surface area contributed by atoms with E-state index in [9.17, 15) is 13.6 Å². The molecule has 1 aliphatic carbocycles. The number of hydrogen-bond donors (Lipinski definition) is 1. The lowest BCUT2D eigenvalue weighted by atomic mass is 9.96. The van der Waals surface area contributed by atoms with Gasteiger partial charge in [-0.2, -0.15) is 0 Å². The molecule has 2 unspecified atom stereocenters. The van der Waals surface area contributed by atoms with Gasteiger partial charge in [-0.1, -0.05) is 6.07 Å². The zero-order chi connectivity index (χ0) is 18.0. The summed E-state index contributed by atoms with van der Waals surface area (Å²) < 4.78 is 26.6. The number of hydrogen-bond acceptors (Lipinski definition) is 3. The summed E-state index contributed by atoms with van der Waals surface area (Å²) in [4.78, 5) is 16.4. The average molecular weight is 351 g/mol. The van der Waals surface area contributed by atoms with Gasteiger partial charge >= 0.3 is 0 Å². The Hall–Kier alpha value is -1.53. The fourth-order valence-electron chi connectivity index (χ4n) is 3.98. The Bertz CT molecular complexity index is 617. The minimum absolute atomic E-state index is 0.0690. The molecule has 1 heterocycles. The van der Waals surface area contributed by atoms with Crippen LogP contribution in [0.3, 0.4) is 0 Å². The third kappa shape index (κ3) is 4.36. The zero-order valence-electron chi connectivity index (χ0n) is 14.8. The lowest BCUT2D eigenvalue weighted by Crippen LogP contribution is -2.42. The van der Waals surface area contributed by atoms with Crippen LogP contribution in [0, 0.1) is 17.6 Å². The smallest absolute Gasteiger partial charge is 0.219 e. The van der Waals surface area contributed by atoms with E-state index in [2.05, 4.69) is 4.90 Å². The molecule has 1 saturated carbocycles. The second-order valence-electron chi connectivity index (χ2n) is 7.33. The van der Waals surface area contributed by atoms with Gasteiger partial charge in [0, 0.05) is 38.5 Å². The van der Waals surface area contributed by atoms with Crippen LogP contribution in [0.15, 0.2) is 18.2 Å². The van der Waals surface area contributed by atoms with Crippen molar-refractivity contribution >= 4 is 5.91 Å². The highest BCUT2D eigenvalue weighted by Crippen LogP contribution is 2.45. The van der Waals surface area contributed by atoms with E-state index in [-0.39, 0.29) is 17.9 Å². The van der Waals surface area contributed by atoms with Gasteiger partial charge in [0.15, 0.2) is 11.6 Å². The number of likely N-dealkylation sites (tertiary alicyclic amines) is 1. The Balaban J connectivity index is 1.58. The first-order chi connectivity index (χ1) is 12.0. The van der Waals surface area contributed by atoms with Gasteiger partial charge < -0.3 is 15.5 Å². The number of amides is 1. The first-order valence-electron chi connectivity index (χ1n) is 9.14. The monoisotopic (exact) mass is 351 g/mol. The van der Waals surface area contributed by atoms with E-state index in [1.54, 1.807) is 13.0 Å². The second kappa shape index (κ2) is 7.79. The molecule has 0 spiro atoms. The summed E-state index contributed by atoms with van der Waals surface area (Å²) in [7, 11) is 0. The predicted molar refractivity (Wildman–Crippen MR) is 93.1 cm³/mol. The number of nitrogens with two attached hydrogens (primary N) is 1. The van der Waals surface area contributed by atoms with Crippen molar-refractivity contribution in [1.82, 2.24) is 9.80 Å². The number of nitrogens with zero attached hydrogens (tertiary/aromatic N) is 2. The first kappa shape index (κ1) is 18.3. The minimum Gasteiger partial charge on any atom is -0.339 e. The molecular formula is C19H27F2N3O. The highest BCUT2D eigenvalue weighted by molar-refractivity contribution is 5.74. The molecule has 138 valence electrons. The van der Waals surface area contributed by atoms with Crippen LogP contribution >= 0.6 is 0 Å². The van der Waals surface area contributed by atoms with Crippen molar-refractivity contribution < 1.29 is 13.6 Å². The highest BCUT2D eigenvalue weighted by Gasteiger charge is 2.44. The Kier molecular flexibility index (Phi) is 5.69. The summed E-state index contributed by atoms with van der Waals surface area (Å²) in [6.07, 6.45) is 2.98. The fraction of sp³-hybridized carbons (Fsp3) is 0.632. The Morgan fingerprint density at radius 1 is 1.28 bits per heavy atom. The molecular weight excluding hydrogens is 324 g/mol. The molecule has 4 nitrogen and oxygen atoms in total. The molecule has 2 aliphatic rings. The Morgan fingerprint density at radius 3 is 2.60 bits per heavy atom. The minimum atomic E-state index is -0.825. The maximum Gasteiger partial charge on any atom is 0.219 e. The second-order valence-corrected chi connectivity index (χ2v) is 7.33. The Morgan fingerprint density at radius 2 is 2.00 bits per heavy atom. The summed E-state index contributed by atoms with van der Waals surface area (Å²) >= 11 is 0. The van der Waals surface area contributed by atoms with Gasteiger partial charge in [0.05, 0.1) is 0 Å². The first-order valence-corrected chi connectivity index (χ1v) is 9.14. The molecule has 25 heavy (non-hydrogen) atoms. The average Bonchev–Trinajstić information content (AvgIpc) is 3.37. The van der Waals surface area contributed by atoms with Crippen LogP contribution in [0.1, 0.15) is 37.7 Å². The van der Waals surface area contributed by atoms with E-state index in [4.69, 9.17) is 5.73 Å². The maximum absolute atomic E-state index is 13.5. The van der Waals surface area contributed by atoms with E-state index < -0.39 is 11.6 Å². The van der Waals surface area contributed by atoms with Gasteiger partial charge in [-0.05, 0) is 56.0 Å². The van der Waals surface area contributed by atoms with Crippen LogP contribution in [-0.2, 0) is 4.79 Å². The van der Waals surface area contributed by atoms with Gasteiger partial charge in [0.2, 0.25) is 5.91 Å². The predicted octanol–water partition coefficient (Wildman–Crippen LogP) is 2.34. The molecule has 2 atom stereocenters. The topological polar surface area (TPSA) is 49.6 Å². The number of piperidine rings is 1. The van der Waals surface area contributed by atoms with E-state index in [1.807, 2.05) is 4.90 Å². The molecule has 0 aromatic heterocycles. The van der Waals surface area contributed by atoms with E-state index in [0.29, 0.717) is 12.5 Å². The molecule has 0 radical (unpaired) electrons. The SMILES string of the molecule is CC(=O)N(CC1CCN(CCN)CC1)C1CC1c1ccc(F)c(F)c1. The van der Waals surface area contributed by atoms with Gasteiger partial charge in [0.25, 0.3) is 0 Å². The van der Waals surface area contributed by atoms with E-state index >= 15 is 0 Å².